The van der Waals surface area contributed by atoms with Gasteiger partial charge in [-0.2, -0.15) is 5.06 Å². The zero-order chi connectivity index (χ0) is 14.0. The smallest absolute Gasteiger partial charge is 0.280 e. The average Bonchev–Trinajstić information content (AvgIpc) is 2.58. The Labute approximate surface area is 111 Å². The second kappa shape index (κ2) is 5.28. The van der Waals surface area contributed by atoms with Crippen molar-refractivity contribution in [2.75, 3.05) is 18.6 Å². The van der Waals surface area contributed by atoms with Crippen molar-refractivity contribution in [1.82, 2.24) is 5.06 Å². The maximum Gasteiger partial charge on any atom is 0.280 e. The van der Waals surface area contributed by atoms with Crippen LogP contribution in [0, 0.1) is 0 Å². The quantitative estimate of drug-likeness (QED) is 0.796. The third kappa shape index (κ3) is 3.12. The van der Waals surface area contributed by atoms with Crippen molar-refractivity contribution in [1.29, 1.82) is 0 Å². The number of hydroxylamine groups is 2. The number of carbonyl (C=O) groups excluding carboxylic acids is 1. The molecular weight excluding hydrogens is 270 g/mol. The minimum absolute atomic E-state index is 0.0158. The van der Waals surface area contributed by atoms with Crippen molar-refractivity contribution >= 4 is 15.7 Å². The molecule has 7 heteroatoms. The van der Waals surface area contributed by atoms with Gasteiger partial charge in [0, 0.05) is 17.4 Å². The third-order valence-corrected chi connectivity index (χ3v) is 3.81. The number of aliphatic hydroxyl groups is 1. The van der Waals surface area contributed by atoms with E-state index in [1.807, 2.05) is 0 Å². The molecule has 0 aromatic heterocycles. The van der Waals surface area contributed by atoms with Crippen LogP contribution >= 0.6 is 0 Å². The van der Waals surface area contributed by atoms with Gasteiger partial charge >= 0.3 is 0 Å². The van der Waals surface area contributed by atoms with Crippen LogP contribution in [0.3, 0.4) is 0 Å². The number of carbonyl (C=O) groups is 1. The van der Waals surface area contributed by atoms with Gasteiger partial charge in [0.1, 0.15) is 9.84 Å². The molecule has 6 nitrogen and oxygen atoms in total. The van der Waals surface area contributed by atoms with Crippen LogP contribution in [0.25, 0.3) is 0 Å². The Kier molecular flexibility index (Phi) is 3.88. The summed E-state index contributed by atoms with van der Waals surface area (Å²) in [7, 11) is -3.05. The van der Waals surface area contributed by atoms with Crippen molar-refractivity contribution in [3.05, 3.63) is 35.4 Å². The summed E-state index contributed by atoms with van der Waals surface area (Å²) in [6.07, 6.45) is 0.270. The molecule has 0 fully saturated rings. The molecule has 19 heavy (non-hydrogen) atoms. The number of rotatable bonds is 5. The lowest BCUT2D eigenvalue weighted by Gasteiger charge is -2.19. The molecule has 0 saturated carbocycles. The summed E-state index contributed by atoms with van der Waals surface area (Å²) >= 11 is 0. The zero-order valence-electron chi connectivity index (χ0n) is 10.4. The number of amides is 1. The van der Waals surface area contributed by atoms with Gasteiger partial charge in [0.05, 0.1) is 12.4 Å². The molecule has 0 saturated heterocycles. The summed E-state index contributed by atoms with van der Waals surface area (Å²) in [4.78, 5) is 17.1. The van der Waals surface area contributed by atoms with E-state index in [-0.39, 0.29) is 18.8 Å². The minimum atomic E-state index is -3.05. The number of hydrogen-bond donors (Lipinski definition) is 1. The molecule has 0 bridgehead atoms. The van der Waals surface area contributed by atoms with E-state index in [9.17, 15) is 18.3 Å². The van der Waals surface area contributed by atoms with Gasteiger partial charge in [-0.15, -0.1) is 0 Å². The van der Waals surface area contributed by atoms with E-state index in [0.29, 0.717) is 11.1 Å². The van der Waals surface area contributed by atoms with E-state index in [2.05, 4.69) is 0 Å². The summed E-state index contributed by atoms with van der Waals surface area (Å²) in [5, 5.41) is 10.8. The van der Waals surface area contributed by atoms with E-state index >= 15 is 0 Å². The first-order chi connectivity index (χ1) is 8.90. The van der Waals surface area contributed by atoms with Gasteiger partial charge in [0.15, 0.2) is 6.23 Å². The molecule has 1 amide bonds. The third-order valence-electron chi connectivity index (χ3n) is 2.78. The average molecular weight is 285 g/mol. The molecule has 1 aliphatic heterocycles. The highest BCUT2D eigenvalue weighted by atomic mass is 32.2. The molecule has 0 aliphatic carbocycles. The van der Waals surface area contributed by atoms with Crippen molar-refractivity contribution in [3.63, 3.8) is 0 Å². The van der Waals surface area contributed by atoms with Gasteiger partial charge in [-0.3, -0.25) is 9.63 Å². The summed E-state index contributed by atoms with van der Waals surface area (Å²) in [5.74, 6) is -0.430. The van der Waals surface area contributed by atoms with Crippen LogP contribution < -0.4 is 0 Å². The first-order valence-electron chi connectivity index (χ1n) is 5.81. The summed E-state index contributed by atoms with van der Waals surface area (Å²) in [6, 6.07) is 6.69. The van der Waals surface area contributed by atoms with E-state index in [1.54, 1.807) is 24.3 Å². The second-order valence-corrected chi connectivity index (χ2v) is 6.67. The predicted molar refractivity (Wildman–Crippen MR) is 67.9 cm³/mol. The lowest BCUT2D eigenvalue weighted by molar-refractivity contribution is -0.198. The van der Waals surface area contributed by atoms with Gasteiger partial charge in [-0.25, -0.2) is 8.42 Å². The van der Waals surface area contributed by atoms with E-state index in [4.69, 9.17) is 4.84 Å². The Morgan fingerprint density at radius 1 is 1.37 bits per heavy atom. The van der Waals surface area contributed by atoms with Crippen LogP contribution in [0.5, 0.6) is 0 Å². The fourth-order valence-electron chi connectivity index (χ4n) is 1.89. The van der Waals surface area contributed by atoms with Crippen molar-refractivity contribution in [3.8, 4) is 0 Å². The number of hydrogen-bond acceptors (Lipinski definition) is 5. The van der Waals surface area contributed by atoms with Crippen LogP contribution in [0.2, 0.25) is 0 Å². The second-order valence-electron chi connectivity index (χ2n) is 4.41. The highest BCUT2D eigenvalue weighted by Gasteiger charge is 2.36. The molecule has 104 valence electrons. The molecule has 1 aromatic rings. The van der Waals surface area contributed by atoms with Gasteiger partial charge < -0.3 is 5.11 Å². The van der Waals surface area contributed by atoms with Crippen molar-refractivity contribution in [2.24, 2.45) is 0 Å². The first-order valence-corrected chi connectivity index (χ1v) is 7.87. The fourth-order valence-corrected chi connectivity index (χ4v) is 2.53. The molecule has 1 aliphatic rings. The Morgan fingerprint density at radius 2 is 2.05 bits per heavy atom. The predicted octanol–water partition coefficient (Wildman–Crippen LogP) is 0.500. The molecule has 1 aromatic carbocycles. The van der Waals surface area contributed by atoms with Gasteiger partial charge in [-0.05, 0) is 12.5 Å². The number of aliphatic hydroxyl groups excluding tert-OH is 1. The number of nitrogens with zero attached hydrogens (tertiary/aromatic N) is 1. The lowest BCUT2D eigenvalue weighted by atomic mass is 10.1. The Bertz CT molecular complexity index is 584. The van der Waals surface area contributed by atoms with Gasteiger partial charge in [0.25, 0.3) is 5.91 Å². The number of sulfone groups is 1. The molecule has 1 unspecified atom stereocenters. The summed E-state index contributed by atoms with van der Waals surface area (Å²) < 4.78 is 21.9. The van der Waals surface area contributed by atoms with Crippen LogP contribution in [0.4, 0.5) is 0 Å². The minimum Gasteiger partial charge on any atom is -0.367 e. The standard InChI is InChI=1S/C12H15NO5S/c1-19(16,17)8-4-7-18-13-11(14)9-5-2-3-6-10(9)12(13)15/h2-3,5-6,11,14H,4,7-8H2,1H3. The zero-order valence-corrected chi connectivity index (χ0v) is 11.3. The van der Waals surface area contributed by atoms with Crippen LogP contribution in [0.1, 0.15) is 28.6 Å². The molecule has 0 radical (unpaired) electrons. The van der Waals surface area contributed by atoms with Crippen LogP contribution in [0.15, 0.2) is 24.3 Å². The largest absolute Gasteiger partial charge is 0.367 e. The monoisotopic (exact) mass is 285 g/mol. The van der Waals surface area contributed by atoms with E-state index < -0.39 is 22.0 Å². The first kappa shape index (κ1) is 14.0. The Hall–Kier alpha value is -1.44. The van der Waals surface area contributed by atoms with E-state index in [1.165, 1.54) is 0 Å². The number of benzene rings is 1. The van der Waals surface area contributed by atoms with Crippen LogP contribution in [-0.4, -0.2) is 43.1 Å². The van der Waals surface area contributed by atoms with E-state index in [0.717, 1.165) is 11.3 Å². The maximum atomic E-state index is 11.9. The van der Waals surface area contributed by atoms with Gasteiger partial charge in [-0.1, -0.05) is 18.2 Å². The van der Waals surface area contributed by atoms with Crippen molar-refractivity contribution < 1.29 is 23.2 Å². The van der Waals surface area contributed by atoms with Crippen molar-refractivity contribution in [2.45, 2.75) is 12.6 Å². The molecule has 1 atom stereocenters. The van der Waals surface area contributed by atoms with Gasteiger partial charge in [0.2, 0.25) is 0 Å². The molecule has 1 heterocycles. The lowest BCUT2D eigenvalue weighted by Crippen LogP contribution is -2.29. The maximum absolute atomic E-state index is 11.9. The molecule has 0 spiro atoms. The molecule has 1 N–H and O–H groups in total. The summed E-state index contributed by atoms with van der Waals surface area (Å²) in [5.41, 5.74) is 0.897. The SMILES string of the molecule is CS(=O)(=O)CCCON1C(=O)c2ccccc2C1O. The fraction of sp³-hybridized carbons (Fsp3) is 0.417. The highest BCUT2D eigenvalue weighted by molar-refractivity contribution is 7.90. The molecule has 2 rings (SSSR count). The highest BCUT2D eigenvalue weighted by Crippen LogP contribution is 2.31. The summed E-state index contributed by atoms with van der Waals surface area (Å²) in [6.45, 7) is 0.0594. The molecular formula is C12H15NO5S. The topological polar surface area (TPSA) is 83.9 Å². The normalized spacial score (nSPS) is 18.7. The van der Waals surface area contributed by atoms with Crippen LogP contribution in [-0.2, 0) is 14.7 Å². The Morgan fingerprint density at radius 3 is 2.68 bits per heavy atom. The number of fused-ring (bicyclic) bond motifs is 1. The Balaban J connectivity index is 1.95.